The summed E-state index contributed by atoms with van der Waals surface area (Å²) in [5.74, 6) is 2.20. The molecule has 0 aliphatic heterocycles. The SMILES string of the molecule is [NH3+]O[S+]([O])(=O)c1ccc(F)c2nsnc12. The third-order valence-electron chi connectivity index (χ3n) is 1.75. The monoisotopic (exact) mass is 250 g/mol. The first-order valence-corrected chi connectivity index (χ1v) is 5.79. The smallest absolute Gasteiger partial charge is 0.204 e. The lowest BCUT2D eigenvalue weighted by Gasteiger charge is -1.94. The molecule has 1 radical (unpaired) electrons. The van der Waals surface area contributed by atoms with Crippen LogP contribution < -0.4 is 5.90 Å². The van der Waals surface area contributed by atoms with Crippen molar-refractivity contribution in [3.8, 4) is 0 Å². The third-order valence-corrected chi connectivity index (χ3v) is 3.46. The lowest BCUT2D eigenvalue weighted by atomic mass is 10.3. The number of benzene rings is 1. The van der Waals surface area contributed by atoms with Crippen LogP contribution in [0.1, 0.15) is 0 Å². The lowest BCUT2D eigenvalue weighted by Crippen LogP contribution is -2.52. The first-order chi connectivity index (χ1) is 7.06. The Balaban J connectivity index is 2.78. The van der Waals surface area contributed by atoms with Gasteiger partial charge in [-0.25, -0.2) is 4.39 Å². The van der Waals surface area contributed by atoms with Crippen LogP contribution >= 0.6 is 11.7 Å². The Morgan fingerprint density at radius 2 is 2.07 bits per heavy atom. The highest BCUT2D eigenvalue weighted by molar-refractivity contribution is 7.93. The Labute approximate surface area is 88.6 Å². The van der Waals surface area contributed by atoms with E-state index in [0.717, 1.165) is 23.9 Å². The molecule has 79 valence electrons. The van der Waals surface area contributed by atoms with Crippen molar-refractivity contribution >= 4 is 33.3 Å². The fraction of sp³-hybridized carbons (Fsp3) is 0. The van der Waals surface area contributed by atoms with Crippen LogP contribution in [0.2, 0.25) is 0 Å². The van der Waals surface area contributed by atoms with Crippen LogP contribution in [0, 0.1) is 5.82 Å². The zero-order chi connectivity index (χ0) is 11.1. The van der Waals surface area contributed by atoms with Crippen molar-refractivity contribution in [2.75, 3.05) is 0 Å². The first kappa shape index (κ1) is 10.5. The molecule has 0 fully saturated rings. The average Bonchev–Trinajstić information content (AvgIpc) is 2.67. The second kappa shape index (κ2) is 3.54. The highest BCUT2D eigenvalue weighted by Crippen LogP contribution is 2.27. The molecule has 1 aromatic carbocycles. The van der Waals surface area contributed by atoms with Crippen molar-refractivity contribution in [1.29, 1.82) is 0 Å². The summed E-state index contributed by atoms with van der Waals surface area (Å²) in [6, 6.07) is 2.06. The maximum absolute atomic E-state index is 13.1. The molecular weight excluding hydrogens is 245 g/mol. The minimum absolute atomic E-state index is 0.0383. The van der Waals surface area contributed by atoms with Gasteiger partial charge in [0, 0.05) is 6.07 Å². The highest BCUT2D eigenvalue weighted by Gasteiger charge is 2.40. The predicted molar refractivity (Wildman–Crippen MR) is 48.4 cm³/mol. The summed E-state index contributed by atoms with van der Waals surface area (Å²) in [5, 5.41) is 0. The standard InChI is InChI=1S/C6H5FN3O3S2/c7-3-1-2-4(15(11,12)13-8)6-5(3)9-14-10-6/h1-2H,8H3/q+2. The van der Waals surface area contributed by atoms with Crippen molar-refractivity contribution in [2.24, 2.45) is 0 Å². The number of quaternary nitrogens is 1. The van der Waals surface area contributed by atoms with E-state index in [-0.39, 0.29) is 15.9 Å². The van der Waals surface area contributed by atoms with E-state index in [1.54, 1.807) is 0 Å². The third kappa shape index (κ3) is 1.64. The summed E-state index contributed by atoms with van der Waals surface area (Å²) >= 11 is 0.727. The molecule has 0 saturated carbocycles. The molecule has 0 bridgehead atoms. The molecular formula is C6H5FN3O3S2+2. The fourth-order valence-corrected chi connectivity index (χ4v) is 2.44. The van der Waals surface area contributed by atoms with Crippen LogP contribution in [0.15, 0.2) is 17.0 Å². The van der Waals surface area contributed by atoms with Crippen molar-refractivity contribution in [3.05, 3.63) is 17.9 Å². The number of nitrogens with zero attached hydrogens (tertiary/aromatic N) is 2. The number of hydrogen-bond acceptors (Lipinski definition) is 5. The summed E-state index contributed by atoms with van der Waals surface area (Å²) in [7, 11) is -3.99. The largest absolute Gasteiger partial charge is 0.484 e. The molecule has 9 heteroatoms. The number of halogens is 1. The van der Waals surface area contributed by atoms with E-state index >= 15 is 0 Å². The van der Waals surface area contributed by atoms with Gasteiger partial charge in [-0.2, -0.15) is 14.6 Å². The normalized spacial score (nSPS) is 15.4. The van der Waals surface area contributed by atoms with Crippen LogP contribution in [0.4, 0.5) is 4.39 Å². The van der Waals surface area contributed by atoms with Gasteiger partial charge in [-0.3, -0.25) is 0 Å². The minimum Gasteiger partial charge on any atom is -0.204 e. The van der Waals surface area contributed by atoms with E-state index in [9.17, 15) is 13.2 Å². The van der Waals surface area contributed by atoms with Gasteiger partial charge < -0.3 is 0 Å². The van der Waals surface area contributed by atoms with E-state index in [1.807, 2.05) is 0 Å². The summed E-state index contributed by atoms with van der Waals surface area (Å²) in [6.45, 7) is 0. The second-order valence-corrected chi connectivity index (χ2v) is 4.69. The van der Waals surface area contributed by atoms with Gasteiger partial charge >= 0.3 is 10.5 Å². The van der Waals surface area contributed by atoms with Gasteiger partial charge in [-0.05, 0) is 10.3 Å². The van der Waals surface area contributed by atoms with Gasteiger partial charge in [0.15, 0.2) is 11.3 Å². The molecule has 0 saturated heterocycles. The molecule has 15 heavy (non-hydrogen) atoms. The molecule has 0 amide bonds. The van der Waals surface area contributed by atoms with E-state index < -0.39 is 16.3 Å². The number of aromatic nitrogens is 2. The van der Waals surface area contributed by atoms with Crippen LogP contribution in [0.5, 0.6) is 0 Å². The van der Waals surface area contributed by atoms with Gasteiger partial charge in [0.2, 0.25) is 0 Å². The molecule has 3 N–H and O–H groups in total. The predicted octanol–water partition coefficient (Wildman–Crippen LogP) is 0.123. The molecule has 0 aliphatic carbocycles. The van der Waals surface area contributed by atoms with E-state index in [2.05, 4.69) is 18.9 Å². The van der Waals surface area contributed by atoms with Gasteiger partial charge in [0.05, 0.1) is 20.6 Å². The molecule has 1 heterocycles. The molecule has 6 nitrogen and oxygen atoms in total. The van der Waals surface area contributed by atoms with Crippen LogP contribution in [0.25, 0.3) is 11.0 Å². The van der Waals surface area contributed by atoms with Crippen molar-refractivity contribution in [3.63, 3.8) is 0 Å². The topological polar surface area (TPSA) is 99.6 Å². The highest BCUT2D eigenvalue weighted by atomic mass is 32.3. The Kier molecular flexibility index (Phi) is 2.48. The summed E-state index contributed by atoms with van der Waals surface area (Å²) in [4.78, 5) is -0.234. The van der Waals surface area contributed by atoms with E-state index in [4.69, 9.17) is 0 Å². The minimum atomic E-state index is -3.99. The maximum atomic E-state index is 13.1. The molecule has 0 aliphatic rings. The van der Waals surface area contributed by atoms with Crippen LogP contribution in [-0.2, 0) is 23.5 Å². The molecule has 2 rings (SSSR count). The molecule has 1 aromatic heterocycles. The second-order valence-electron chi connectivity index (χ2n) is 2.58. The number of hydrogen-bond donors (Lipinski definition) is 1. The van der Waals surface area contributed by atoms with Crippen molar-refractivity contribution in [1.82, 2.24) is 8.75 Å². The van der Waals surface area contributed by atoms with Crippen LogP contribution in [-0.4, -0.2) is 8.75 Å². The van der Waals surface area contributed by atoms with Crippen LogP contribution in [0.3, 0.4) is 0 Å². The summed E-state index contributed by atoms with van der Waals surface area (Å²) in [6.07, 6.45) is 0. The Morgan fingerprint density at radius 1 is 1.40 bits per heavy atom. The van der Waals surface area contributed by atoms with Gasteiger partial charge in [-0.1, -0.05) is 0 Å². The summed E-state index contributed by atoms with van der Waals surface area (Å²) < 4.78 is 47.3. The van der Waals surface area contributed by atoms with E-state index in [0.29, 0.717) is 0 Å². The Hall–Kier alpha value is -1.00. The fourth-order valence-electron chi connectivity index (χ4n) is 1.08. The Bertz CT molecular complexity index is 558. The van der Waals surface area contributed by atoms with E-state index in [1.165, 1.54) is 0 Å². The molecule has 0 spiro atoms. The molecule has 1 atom stereocenters. The zero-order valence-electron chi connectivity index (χ0n) is 7.18. The average molecular weight is 250 g/mol. The van der Waals surface area contributed by atoms with Crippen molar-refractivity contribution in [2.45, 2.75) is 4.90 Å². The quantitative estimate of drug-likeness (QED) is 0.604. The lowest BCUT2D eigenvalue weighted by molar-refractivity contribution is -0.637. The number of fused-ring (bicyclic) bond motifs is 1. The van der Waals surface area contributed by atoms with Gasteiger partial charge in [-0.15, -0.1) is 0 Å². The van der Waals surface area contributed by atoms with Gasteiger partial charge in [0.1, 0.15) is 5.52 Å². The van der Waals surface area contributed by atoms with Crippen molar-refractivity contribution < 1.29 is 23.3 Å². The van der Waals surface area contributed by atoms with Gasteiger partial charge in [0.25, 0.3) is 4.90 Å². The molecule has 1 unspecified atom stereocenters. The first-order valence-electron chi connectivity index (χ1n) is 3.65. The molecule has 2 aromatic rings. The Morgan fingerprint density at radius 3 is 2.73 bits per heavy atom. The number of rotatable bonds is 2. The maximum Gasteiger partial charge on any atom is 0.484 e. The zero-order valence-corrected chi connectivity index (χ0v) is 8.81. The summed E-state index contributed by atoms with van der Waals surface area (Å²) in [5.41, 5.74) is -0.123.